The molecule has 2 fully saturated rings. The van der Waals surface area contributed by atoms with Crippen LogP contribution in [0.4, 0.5) is 0 Å². The van der Waals surface area contributed by atoms with Crippen LogP contribution in [0, 0.1) is 17.8 Å². The van der Waals surface area contributed by atoms with Gasteiger partial charge in [0.15, 0.2) is 0 Å². The van der Waals surface area contributed by atoms with Gasteiger partial charge in [-0.25, -0.2) is 0 Å². The number of hydrogen-bond acceptors (Lipinski definition) is 2. The van der Waals surface area contributed by atoms with E-state index in [1.807, 2.05) is 0 Å². The zero-order valence-corrected chi connectivity index (χ0v) is 13.2. The maximum absolute atomic E-state index is 11.3. The third kappa shape index (κ3) is 3.97. The van der Waals surface area contributed by atoms with Crippen LogP contribution in [-0.2, 0) is 4.79 Å². The molecule has 3 heteroatoms. The van der Waals surface area contributed by atoms with Crippen molar-refractivity contribution in [2.45, 2.75) is 71.3 Å². The quantitative estimate of drug-likeness (QED) is 0.833. The minimum Gasteiger partial charge on any atom is -0.481 e. The maximum atomic E-state index is 11.3. The number of likely N-dealkylation sites (tertiary alicyclic amines) is 1. The van der Waals surface area contributed by atoms with Gasteiger partial charge in [-0.15, -0.1) is 0 Å². The first-order chi connectivity index (χ1) is 9.61. The number of hydrogen-bond donors (Lipinski definition) is 1. The highest BCUT2D eigenvalue weighted by Gasteiger charge is 2.34. The smallest absolute Gasteiger partial charge is 0.308 e. The van der Waals surface area contributed by atoms with Crippen molar-refractivity contribution in [2.75, 3.05) is 13.1 Å². The van der Waals surface area contributed by atoms with Crippen molar-refractivity contribution in [3.63, 3.8) is 0 Å². The Labute approximate surface area is 123 Å². The van der Waals surface area contributed by atoms with E-state index in [1.54, 1.807) is 0 Å². The zero-order valence-electron chi connectivity index (χ0n) is 13.2. The average Bonchev–Trinajstić information content (AvgIpc) is 2.43. The molecule has 1 aliphatic heterocycles. The van der Waals surface area contributed by atoms with Gasteiger partial charge in [0.1, 0.15) is 0 Å². The Morgan fingerprint density at radius 1 is 1.15 bits per heavy atom. The fourth-order valence-electron chi connectivity index (χ4n) is 4.24. The molecule has 3 nitrogen and oxygen atoms in total. The SMILES string of the molecule is CCCC1CCC(CN2CCC[C@H](C(=O)O)[C@@H]2C)CC1. The minimum absolute atomic E-state index is 0.153. The Hall–Kier alpha value is -0.570. The normalized spacial score (nSPS) is 35.9. The van der Waals surface area contributed by atoms with Crippen molar-refractivity contribution in [2.24, 2.45) is 17.8 Å². The Morgan fingerprint density at radius 2 is 1.80 bits per heavy atom. The lowest BCUT2D eigenvalue weighted by Gasteiger charge is -2.40. The fraction of sp³-hybridized carbons (Fsp3) is 0.941. The maximum Gasteiger partial charge on any atom is 0.308 e. The first-order valence-electron chi connectivity index (χ1n) is 8.58. The molecule has 0 aromatic carbocycles. The lowest BCUT2D eigenvalue weighted by atomic mass is 9.79. The standard InChI is InChI=1S/C17H31NO2/c1-3-5-14-7-9-15(10-8-14)12-18-11-4-6-16(13(18)2)17(19)20/h13-16H,3-12H2,1-2H3,(H,19,20)/t13-,14?,15?,16-/m0/s1. The van der Waals surface area contributed by atoms with Crippen LogP contribution in [0.25, 0.3) is 0 Å². The minimum atomic E-state index is -0.603. The molecule has 0 bridgehead atoms. The molecule has 0 aromatic rings. The first-order valence-corrected chi connectivity index (χ1v) is 8.58. The van der Waals surface area contributed by atoms with Crippen LogP contribution in [0.15, 0.2) is 0 Å². The lowest BCUT2D eigenvalue weighted by molar-refractivity contribution is -0.145. The largest absolute Gasteiger partial charge is 0.481 e. The highest BCUT2D eigenvalue weighted by molar-refractivity contribution is 5.70. The molecule has 2 atom stereocenters. The van der Waals surface area contributed by atoms with Crippen LogP contribution in [-0.4, -0.2) is 35.1 Å². The summed E-state index contributed by atoms with van der Waals surface area (Å²) in [6.45, 7) is 6.62. The van der Waals surface area contributed by atoms with Gasteiger partial charge in [-0.2, -0.15) is 0 Å². The Morgan fingerprint density at radius 3 is 2.40 bits per heavy atom. The highest BCUT2D eigenvalue weighted by atomic mass is 16.4. The van der Waals surface area contributed by atoms with Crippen molar-refractivity contribution in [1.82, 2.24) is 4.90 Å². The fourth-order valence-corrected chi connectivity index (χ4v) is 4.24. The van der Waals surface area contributed by atoms with E-state index < -0.39 is 5.97 Å². The first kappa shape index (κ1) is 15.8. The summed E-state index contributed by atoms with van der Waals surface area (Å²) >= 11 is 0. The Balaban J connectivity index is 1.80. The molecule has 116 valence electrons. The number of aliphatic carboxylic acids is 1. The molecule has 2 aliphatic rings. The summed E-state index contributed by atoms with van der Waals surface area (Å²) in [5, 5.41) is 9.30. The molecule has 2 rings (SSSR count). The third-order valence-electron chi connectivity index (χ3n) is 5.59. The second-order valence-electron chi connectivity index (χ2n) is 7.00. The molecule has 1 N–H and O–H groups in total. The van der Waals surface area contributed by atoms with Crippen LogP contribution >= 0.6 is 0 Å². The molecule has 1 saturated carbocycles. The third-order valence-corrected chi connectivity index (χ3v) is 5.59. The van der Waals surface area contributed by atoms with Gasteiger partial charge in [0.2, 0.25) is 0 Å². The van der Waals surface area contributed by atoms with Crippen LogP contribution in [0.3, 0.4) is 0 Å². The molecule has 1 aliphatic carbocycles. The van der Waals surface area contributed by atoms with E-state index >= 15 is 0 Å². The van der Waals surface area contributed by atoms with Gasteiger partial charge in [-0.05, 0) is 51.0 Å². The monoisotopic (exact) mass is 281 g/mol. The molecule has 20 heavy (non-hydrogen) atoms. The van der Waals surface area contributed by atoms with Gasteiger partial charge in [0.25, 0.3) is 0 Å². The van der Waals surface area contributed by atoms with Gasteiger partial charge in [0.05, 0.1) is 5.92 Å². The predicted octanol–water partition coefficient (Wildman–Crippen LogP) is 3.78. The van der Waals surface area contributed by atoms with Crippen LogP contribution in [0.1, 0.15) is 65.2 Å². The van der Waals surface area contributed by atoms with E-state index in [0.717, 1.165) is 37.8 Å². The second kappa shape index (κ2) is 7.44. The molecule has 0 amide bonds. The highest BCUT2D eigenvalue weighted by Crippen LogP contribution is 2.33. The van der Waals surface area contributed by atoms with Crippen molar-refractivity contribution in [3.05, 3.63) is 0 Å². The van der Waals surface area contributed by atoms with Gasteiger partial charge in [0, 0.05) is 12.6 Å². The number of rotatable bonds is 5. The number of carboxylic acids is 1. The van der Waals surface area contributed by atoms with E-state index in [0.29, 0.717) is 0 Å². The predicted molar refractivity (Wildman–Crippen MR) is 81.8 cm³/mol. The molecular formula is C17H31NO2. The van der Waals surface area contributed by atoms with E-state index in [2.05, 4.69) is 18.7 Å². The Bertz CT molecular complexity index is 310. The average molecular weight is 281 g/mol. The second-order valence-corrected chi connectivity index (χ2v) is 7.00. The lowest BCUT2D eigenvalue weighted by Crippen LogP contribution is -2.48. The summed E-state index contributed by atoms with van der Waals surface area (Å²) in [7, 11) is 0. The molecular weight excluding hydrogens is 250 g/mol. The van der Waals surface area contributed by atoms with E-state index in [4.69, 9.17) is 0 Å². The number of carboxylic acid groups (broad SMARTS) is 1. The number of nitrogens with zero attached hydrogens (tertiary/aromatic N) is 1. The summed E-state index contributed by atoms with van der Waals surface area (Å²) in [5.41, 5.74) is 0. The number of piperidine rings is 1. The van der Waals surface area contributed by atoms with Crippen molar-refractivity contribution >= 4 is 5.97 Å². The van der Waals surface area contributed by atoms with Crippen molar-refractivity contribution in [3.8, 4) is 0 Å². The molecule has 1 heterocycles. The van der Waals surface area contributed by atoms with Gasteiger partial charge in [-0.1, -0.05) is 32.6 Å². The topological polar surface area (TPSA) is 40.5 Å². The zero-order chi connectivity index (χ0) is 14.5. The van der Waals surface area contributed by atoms with Crippen molar-refractivity contribution in [1.29, 1.82) is 0 Å². The number of carbonyl (C=O) groups is 1. The summed E-state index contributed by atoms with van der Waals surface area (Å²) in [4.78, 5) is 13.7. The summed E-state index contributed by atoms with van der Waals surface area (Å²) in [6, 6.07) is 0.217. The summed E-state index contributed by atoms with van der Waals surface area (Å²) < 4.78 is 0. The molecule has 0 radical (unpaired) electrons. The van der Waals surface area contributed by atoms with E-state index in [1.165, 1.54) is 38.5 Å². The van der Waals surface area contributed by atoms with Crippen LogP contribution < -0.4 is 0 Å². The van der Waals surface area contributed by atoms with Gasteiger partial charge < -0.3 is 5.11 Å². The van der Waals surface area contributed by atoms with Gasteiger partial charge >= 0.3 is 5.97 Å². The van der Waals surface area contributed by atoms with Gasteiger partial charge in [-0.3, -0.25) is 9.69 Å². The van der Waals surface area contributed by atoms with Crippen LogP contribution in [0.5, 0.6) is 0 Å². The molecule has 0 spiro atoms. The Kier molecular flexibility index (Phi) is 5.88. The summed E-state index contributed by atoms with van der Waals surface area (Å²) in [5.74, 6) is 1.01. The van der Waals surface area contributed by atoms with Crippen molar-refractivity contribution < 1.29 is 9.90 Å². The van der Waals surface area contributed by atoms with E-state index in [9.17, 15) is 9.90 Å². The van der Waals surface area contributed by atoms with Crippen LogP contribution in [0.2, 0.25) is 0 Å². The molecule has 1 saturated heterocycles. The van der Waals surface area contributed by atoms with E-state index in [-0.39, 0.29) is 12.0 Å². The molecule has 0 aromatic heterocycles. The summed E-state index contributed by atoms with van der Waals surface area (Å²) in [6.07, 6.45) is 10.1. The molecule has 0 unspecified atom stereocenters.